The summed E-state index contributed by atoms with van der Waals surface area (Å²) in [5, 5.41) is 4.63. The van der Waals surface area contributed by atoms with Gasteiger partial charge in [0.2, 0.25) is 0 Å². The van der Waals surface area contributed by atoms with Crippen LogP contribution in [0.3, 0.4) is 0 Å². The minimum atomic E-state index is 0.371. The van der Waals surface area contributed by atoms with Crippen molar-refractivity contribution < 1.29 is 18.9 Å². The summed E-state index contributed by atoms with van der Waals surface area (Å²) in [6.07, 6.45) is 0.855. The van der Waals surface area contributed by atoms with E-state index in [1.807, 2.05) is 54.6 Å². The molecular weight excluding hydrogens is 449 g/mol. The maximum Gasteiger partial charge on any atom is 0.180 e. The van der Waals surface area contributed by atoms with Crippen LogP contribution in [-0.2, 0) is 19.6 Å². The molecule has 0 atom stereocenters. The fraction of sp³-hybridized carbons (Fsp3) is 0.280. The van der Waals surface area contributed by atoms with Crippen molar-refractivity contribution in [3.05, 3.63) is 81.3 Å². The monoisotopic (exact) mass is 475 g/mol. The Morgan fingerprint density at radius 1 is 0.719 bits per heavy atom. The lowest BCUT2D eigenvalue weighted by Crippen LogP contribution is -2.17. The molecule has 0 aliphatic carbocycles. The summed E-state index contributed by atoms with van der Waals surface area (Å²) in [5.41, 5.74) is 3.17. The number of nitrogens with one attached hydrogen (secondary N) is 1. The van der Waals surface area contributed by atoms with Crippen LogP contribution in [0.4, 0.5) is 0 Å². The van der Waals surface area contributed by atoms with Crippen LogP contribution in [0, 0.1) is 0 Å². The third-order valence-electron chi connectivity index (χ3n) is 4.95. The van der Waals surface area contributed by atoms with E-state index in [1.165, 1.54) is 0 Å². The average Bonchev–Trinajstić information content (AvgIpc) is 2.81. The molecule has 7 heteroatoms. The lowest BCUT2D eigenvalue weighted by atomic mass is 10.1. The van der Waals surface area contributed by atoms with Crippen molar-refractivity contribution in [2.24, 2.45) is 0 Å². The van der Waals surface area contributed by atoms with Crippen LogP contribution in [0.15, 0.2) is 54.6 Å². The normalized spacial score (nSPS) is 10.7. The van der Waals surface area contributed by atoms with Crippen LogP contribution in [0.1, 0.15) is 16.7 Å². The minimum absolute atomic E-state index is 0.371. The zero-order valence-electron chi connectivity index (χ0n) is 18.4. The van der Waals surface area contributed by atoms with Gasteiger partial charge in [0.25, 0.3) is 0 Å². The Hall–Kier alpha value is -2.60. The summed E-state index contributed by atoms with van der Waals surface area (Å²) >= 11 is 12.4. The molecule has 0 bridgehead atoms. The predicted molar refractivity (Wildman–Crippen MR) is 129 cm³/mol. The zero-order chi connectivity index (χ0) is 22.9. The second kappa shape index (κ2) is 11.9. The van der Waals surface area contributed by atoms with Gasteiger partial charge >= 0.3 is 0 Å². The van der Waals surface area contributed by atoms with E-state index in [-0.39, 0.29) is 0 Å². The first-order valence-electron chi connectivity index (χ1n) is 10.2. The van der Waals surface area contributed by atoms with Crippen molar-refractivity contribution in [3.8, 4) is 23.0 Å². The molecule has 0 aliphatic heterocycles. The molecule has 3 aromatic rings. The number of benzene rings is 3. The molecule has 0 aromatic heterocycles. The molecule has 0 saturated heterocycles. The van der Waals surface area contributed by atoms with E-state index < -0.39 is 0 Å². The molecule has 0 spiro atoms. The van der Waals surface area contributed by atoms with Gasteiger partial charge in [-0.05, 0) is 66.1 Å². The van der Waals surface area contributed by atoms with Crippen LogP contribution >= 0.6 is 23.2 Å². The SMILES string of the molecule is COc1ccc(CCNCc2cc(Cl)c(OCc3ccc(Cl)cc3)c(OC)c2)cc1OC. The minimum Gasteiger partial charge on any atom is -0.493 e. The second-order valence-corrected chi connectivity index (χ2v) is 7.98. The Labute approximate surface area is 199 Å². The van der Waals surface area contributed by atoms with Crippen molar-refractivity contribution in [2.45, 2.75) is 19.6 Å². The molecular formula is C25H27Cl2NO4. The predicted octanol–water partition coefficient (Wildman–Crippen LogP) is 5.93. The van der Waals surface area contributed by atoms with Gasteiger partial charge in [-0.3, -0.25) is 0 Å². The van der Waals surface area contributed by atoms with E-state index in [4.69, 9.17) is 42.1 Å². The molecule has 32 heavy (non-hydrogen) atoms. The Balaban J connectivity index is 1.56. The van der Waals surface area contributed by atoms with E-state index in [0.29, 0.717) is 34.7 Å². The molecule has 0 heterocycles. The van der Waals surface area contributed by atoms with Crippen LogP contribution < -0.4 is 24.3 Å². The van der Waals surface area contributed by atoms with E-state index in [1.54, 1.807) is 21.3 Å². The Bertz CT molecular complexity index is 1030. The maximum atomic E-state index is 6.50. The van der Waals surface area contributed by atoms with Gasteiger partial charge in [0.1, 0.15) is 6.61 Å². The van der Waals surface area contributed by atoms with Crippen LogP contribution in [0.5, 0.6) is 23.0 Å². The number of halogens is 2. The third kappa shape index (κ3) is 6.45. The molecule has 0 saturated carbocycles. The third-order valence-corrected chi connectivity index (χ3v) is 5.49. The van der Waals surface area contributed by atoms with Crippen molar-refractivity contribution in [2.75, 3.05) is 27.9 Å². The smallest absolute Gasteiger partial charge is 0.180 e. The summed E-state index contributed by atoms with van der Waals surface area (Å²) < 4.78 is 22.1. The maximum absolute atomic E-state index is 6.50. The topological polar surface area (TPSA) is 49.0 Å². The standard InChI is InChI=1S/C25H27Cl2NO4/c1-29-22-9-6-17(13-23(22)30-2)10-11-28-15-19-12-21(27)25(24(14-19)31-3)32-16-18-4-7-20(26)8-5-18/h4-9,12-14,28H,10-11,15-16H2,1-3H3. The lowest BCUT2D eigenvalue weighted by molar-refractivity contribution is 0.284. The highest BCUT2D eigenvalue weighted by Gasteiger charge is 2.13. The highest BCUT2D eigenvalue weighted by molar-refractivity contribution is 6.32. The fourth-order valence-corrected chi connectivity index (χ4v) is 3.67. The number of rotatable bonds is 11. The molecule has 0 amide bonds. The van der Waals surface area contributed by atoms with Gasteiger partial charge in [0.15, 0.2) is 23.0 Å². The summed E-state index contributed by atoms with van der Waals surface area (Å²) in [5.74, 6) is 2.58. The van der Waals surface area contributed by atoms with E-state index >= 15 is 0 Å². The number of methoxy groups -OCH3 is 3. The largest absolute Gasteiger partial charge is 0.493 e. The van der Waals surface area contributed by atoms with Crippen molar-refractivity contribution in [1.82, 2.24) is 5.32 Å². The number of hydrogen-bond acceptors (Lipinski definition) is 5. The van der Waals surface area contributed by atoms with Gasteiger partial charge in [0.05, 0.1) is 26.4 Å². The summed E-state index contributed by atoms with van der Waals surface area (Å²) in [7, 11) is 4.88. The quantitative estimate of drug-likeness (QED) is 0.348. The lowest BCUT2D eigenvalue weighted by Gasteiger charge is -2.15. The molecule has 3 rings (SSSR count). The fourth-order valence-electron chi connectivity index (χ4n) is 3.25. The molecule has 0 aliphatic rings. The van der Waals surface area contributed by atoms with Gasteiger partial charge in [-0.15, -0.1) is 0 Å². The van der Waals surface area contributed by atoms with Crippen molar-refractivity contribution in [3.63, 3.8) is 0 Å². The van der Waals surface area contributed by atoms with Gasteiger partial charge < -0.3 is 24.3 Å². The zero-order valence-corrected chi connectivity index (χ0v) is 19.9. The molecule has 0 unspecified atom stereocenters. The highest BCUT2D eigenvalue weighted by Crippen LogP contribution is 2.37. The van der Waals surface area contributed by atoms with Crippen LogP contribution in [0.25, 0.3) is 0 Å². The molecule has 0 radical (unpaired) electrons. The molecule has 5 nitrogen and oxygen atoms in total. The number of hydrogen-bond donors (Lipinski definition) is 1. The van der Waals surface area contributed by atoms with Gasteiger partial charge in [-0.2, -0.15) is 0 Å². The van der Waals surface area contributed by atoms with Crippen LogP contribution in [-0.4, -0.2) is 27.9 Å². The second-order valence-electron chi connectivity index (χ2n) is 7.14. The van der Waals surface area contributed by atoms with Crippen LogP contribution in [0.2, 0.25) is 10.0 Å². The molecule has 170 valence electrons. The average molecular weight is 476 g/mol. The molecule has 1 N–H and O–H groups in total. The summed E-state index contributed by atoms with van der Waals surface area (Å²) in [6.45, 7) is 1.82. The summed E-state index contributed by atoms with van der Waals surface area (Å²) in [6, 6.07) is 17.3. The summed E-state index contributed by atoms with van der Waals surface area (Å²) in [4.78, 5) is 0. The molecule has 0 fully saturated rings. The Morgan fingerprint density at radius 2 is 1.38 bits per heavy atom. The van der Waals surface area contributed by atoms with Crippen molar-refractivity contribution in [1.29, 1.82) is 0 Å². The highest BCUT2D eigenvalue weighted by atomic mass is 35.5. The van der Waals surface area contributed by atoms with Crippen molar-refractivity contribution >= 4 is 23.2 Å². The van der Waals surface area contributed by atoms with E-state index in [9.17, 15) is 0 Å². The molecule has 3 aromatic carbocycles. The van der Waals surface area contributed by atoms with E-state index in [0.717, 1.165) is 41.2 Å². The first-order chi connectivity index (χ1) is 15.5. The Kier molecular flexibility index (Phi) is 8.91. The van der Waals surface area contributed by atoms with Gasteiger partial charge in [-0.1, -0.05) is 41.4 Å². The number of ether oxygens (including phenoxy) is 4. The first kappa shape index (κ1) is 24.1. The Morgan fingerprint density at radius 3 is 2.06 bits per heavy atom. The first-order valence-corrected chi connectivity index (χ1v) is 10.9. The van der Waals surface area contributed by atoms with E-state index in [2.05, 4.69) is 5.32 Å². The van der Waals surface area contributed by atoms with Gasteiger partial charge in [-0.25, -0.2) is 0 Å². The van der Waals surface area contributed by atoms with Gasteiger partial charge in [0, 0.05) is 11.6 Å².